The zero-order valence-corrected chi connectivity index (χ0v) is 17.7. The van der Waals surface area contributed by atoms with E-state index in [1.54, 1.807) is 7.11 Å². The molecule has 0 aromatic heterocycles. The highest BCUT2D eigenvalue weighted by molar-refractivity contribution is 5.96. The maximum Gasteiger partial charge on any atom is 0.410 e. The van der Waals surface area contributed by atoms with Crippen molar-refractivity contribution in [3.63, 3.8) is 0 Å². The van der Waals surface area contributed by atoms with E-state index in [0.29, 0.717) is 32.7 Å². The first-order chi connectivity index (χ1) is 13.2. The third-order valence-corrected chi connectivity index (χ3v) is 5.39. The molecule has 3 rings (SSSR count). The molecule has 0 bridgehead atoms. The van der Waals surface area contributed by atoms with Gasteiger partial charge in [-0.1, -0.05) is 13.0 Å². The number of aryl methyl sites for hydroxylation is 1. The lowest BCUT2D eigenvalue weighted by Gasteiger charge is -2.31. The molecule has 1 atom stereocenters. The van der Waals surface area contributed by atoms with E-state index in [4.69, 9.17) is 9.47 Å². The van der Waals surface area contributed by atoms with Crippen molar-refractivity contribution in [1.29, 1.82) is 0 Å². The van der Waals surface area contributed by atoms with Gasteiger partial charge in [-0.2, -0.15) is 0 Å². The van der Waals surface area contributed by atoms with Crippen LogP contribution in [-0.2, 0) is 27.1 Å². The SMILES string of the molecule is COCCN1C(=O)CCc2cc3c(cc21)CCN(C(=O)OC(C)(C)C)CC3C. The van der Waals surface area contributed by atoms with Crippen molar-refractivity contribution in [3.05, 3.63) is 28.8 Å². The van der Waals surface area contributed by atoms with Crippen molar-refractivity contribution in [3.8, 4) is 0 Å². The lowest BCUT2D eigenvalue weighted by Crippen LogP contribution is -2.38. The first kappa shape index (κ1) is 20.6. The molecule has 0 saturated heterocycles. The van der Waals surface area contributed by atoms with E-state index in [1.807, 2.05) is 30.6 Å². The van der Waals surface area contributed by atoms with Gasteiger partial charge >= 0.3 is 6.09 Å². The van der Waals surface area contributed by atoms with Crippen LogP contribution >= 0.6 is 0 Å². The van der Waals surface area contributed by atoms with Gasteiger partial charge in [0.05, 0.1) is 6.61 Å². The molecule has 1 aromatic rings. The van der Waals surface area contributed by atoms with Gasteiger partial charge in [-0.15, -0.1) is 0 Å². The Morgan fingerprint density at radius 2 is 1.93 bits per heavy atom. The maximum absolute atomic E-state index is 12.6. The molecule has 0 radical (unpaired) electrons. The zero-order chi connectivity index (χ0) is 20.5. The number of hydrogen-bond donors (Lipinski definition) is 0. The fourth-order valence-electron chi connectivity index (χ4n) is 4.03. The summed E-state index contributed by atoms with van der Waals surface area (Å²) in [6.07, 6.45) is 1.81. The Labute approximate surface area is 167 Å². The van der Waals surface area contributed by atoms with E-state index < -0.39 is 5.60 Å². The van der Waals surface area contributed by atoms with Gasteiger partial charge in [0.15, 0.2) is 0 Å². The highest BCUT2D eigenvalue weighted by Crippen LogP contribution is 2.35. The molecule has 1 unspecified atom stereocenters. The minimum absolute atomic E-state index is 0.154. The molecule has 154 valence electrons. The van der Waals surface area contributed by atoms with Crippen LogP contribution in [0.1, 0.15) is 56.7 Å². The molecular formula is C22H32N2O4. The molecule has 2 aliphatic rings. The fraction of sp³-hybridized carbons (Fsp3) is 0.636. The standard InChI is InChI=1S/C22H32N2O4/c1-15-14-23(21(26)28-22(2,3)4)9-8-16-13-19-17(12-18(15)16)6-7-20(25)24(19)10-11-27-5/h12-13,15H,6-11,14H2,1-5H3. The smallest absolute Gasteiger partial charge is 0.410 e. The van der Waals surface area contributed by atoms with Crippen molar-refractivity contribution in [2.45, 2.75) is 58.5 Å². The summed E-state index contributed by atoms with van der Waals surface area (Å²) in [6, 6.07) is 4.41. The van der Waals surface area contributed by atoms with Crippen molar-refractivity contribution < 1.29 is 19.1 Å². The topological polar surface area (TPSA) is 59.1 Å². The fourth-order valence-corrected chi connectivity index (χ4v) is 4.03. The number of carbonyl (C=O) groups excluding carboxylic acids is 2. The minimum atomic E-state index is -0.499. The van der Waals surface area contributed by atoms with Gasteiger partial charge in [0.25, 0.3) is 0 Å². The molecule has 0 saturated carbocycles. The average Bonchev–Trinajstić information content (AvgIpc) is 2.77. The second-order valence-electron chi connectivity index (χ2n) is 8.80. The molecule has 2 aliphatic heterocycles. The number of rotatable bonds is 3. The molecule has 0 fully saturated rings. The predicted molar refractivity (Wildman–Crippen MR) is 109 cm³/mol. The highest BCUT2D eigenvalue weighted by Gasteiger charge is 2.30. The number of anilines is 1. The van der Waals surface area contributed by atoms with E-state index >= 15 is 0 Å². The van der Waals surface area contributed by atoms with Gasteiger partial charge < -0.3 is 19.3 Å². The average molecular weight is 389 g/mol. The Hall–Kier alpha value is -2.08. The summed E-state index contributed by atoms with van der Waals surface area (Å²) in [6.45, 7) is 10.2. The normalized spacial score (nSPS) is 19.8. The lowest BCUT2D eigenvalue weighted by molar-refractivity contribution is -0.119. The largest absolute Gasteiger partial charge is 0.444 e. The van der Waals surface area contributed by atoms with Gasteiger partial charge in [0, 0.05) is 38.9 Å². The summed E-state index contributed by atoms with van der Waals surface area (Å²) in [4.78, 5) is 28.7. The van der Waals surface area contributed by atoms with Crippen LogP contribution in [0.2, 0.25) is 0 Å². The monoisotopic (exact) mass is 388 g/mol. The van der Waals surface area contributed by atoms with E-state index in [-0.39, 0.29) is 17.9 Å². The molecular weight excluding hydrogens is 356 g/mol. The molecule has 1 aromatic carbocycles. The number of methoxy groups -OCH3 is 1. The van der Waals surface area contributed by atoms with E-state index in [1.165, 1.54) is 16.7 Å². The number of nitrogens with zero attached hydrogens (tertiary/aromatic N) is 2. The Bertz CT molecular complexity index is 754. The van der Waals surface area contributed by atoms with Gasteiger partial charge in [-0.25, -0.2) is 4.79 Å². The number of benzene rings is 1. The van der Waals surface area contributed by atoms with E-state index in [9.17, 15) is 9.59 Å². The lowest BCUT2D eigenvalue weighted by atomic mass is 9.89. The summed E-state index contributed by atoms with van der Waals surface area (Å²) in [5.74, 6) is 0.377. The predicted octanol–water partition coefficient (Wildman–Crippen LogP) is 3.51. The Morgan fingerprint density at radius 1 is 1.18 bits per heavy atom. The molecule has 28 heavy (non-hydrogen) atoms. The molecule has 6 heteroatoms. The Morgan fingerprint density at radius 3 is 2.61 bits per heavy atom. The van der Waals surface area contributed by atoms with Crippen molar-refractivity contribution >= 4 is 17.7 Å². The van der Waals surface area contributed by atoms with Crippen LogP contribution in [0.4, 0.5) is 10.5 Å². The molecule has 0 aliphatic carbocycles. The first-order valence-corrected chi connectivity index (χ1v) is 10.1. The number of ether oxygens (including phenoxy) is 2. The highest BCUT2D eigenvalue weighted by atomic mass is 16.6. The number of fused-ring (bicyclic) bond motifs is 2. The third-order valence-electron chi connectivity index (χ3n) is 5.39. The first-order valence-electron chi connectivity index (χ1n) is 10.1. The summed E-state index contributed by atoms with van der Waals surface area (Å²) >= 11 is 0. The van der Waals surface area contributed by atoms with Crippen LogP contribution in [0.25, 0.3) is 0 Å². The Balaban J connectivity index is 1.86. The van der Waals surface area contributed by atoms with Crippen LogP contribution in [0.5, 0.6) is 0 Å². The second-order valence-corrected chi connectivity index (χ2v) is 8.80. The third kappa shape index (κ3) is 4.49. The van der Waals surface area contributed by atoms with E-state index in [2.05, 4.69) is 19.1 Å². The minimum Gasteiger partial charge on any atom is -0.444 e. The van der Waals surface area contributed by atoms with Gasteiger partial charge in [-0.05, 0) is 62.3 Å². The van der Waals surface area contributed by atoms with Crippen LogP contribution < -0.4 is 4.90 Å². The zero-order valence-electron chi connectivity index (χ0n) is 17.7. The number of carbonyl (C=O) groups is 2. The number of amides is 2. The second kappa shape index (κ2) is 8.11. The summed E-state index contributed by atoms with van der Waals surface area (Å²) in [5.41, 5.74) is 4.22. The summed E-state index contributed by atoms with van der Waals surface area (Å²) < 4.78 is 10.8. The van der Waals surface area contributed by atoms with Crippen molar-refractivity contribution in [2.75, 3.05) is 38.3 Å². The molecule has 2 heterocycles. The van der Waals surface area contributed by atoms with Crippen LogP contribution in [0.3, 0.4) is 0 Å². The Kier molecular flexibility index (Phi) is 5.98. The van der Waals surface area contributed by atoms with Crippen LogP contribution in [0.15, 0.2) is 12.1 Å². The van der Waals surface area contributed by atoms with Gasteiger partial charge in [0.2, 0.25) is 5.91 Å². The molecule has 0 spiro atoms. The van der Waals surface area contributed by atoms with Crippen LogP contribution in [0, 0.1) is 0 Å². The van der Waals surface area contributed by atoms with E-state index in [0.717, 1.165) is 18.5 Å². The molecule has 0 N–H and O–H groups in total. The van der Waals surface area contributed by atoms with Gasteiger partial charge in [-0.3, -0.25) is 4.79 Å². The van der Waals surface area contributed by atoms with Gasteiger partial charge in [0.1, 0.15) is 5.60 Å². The summed E-state index contributed by atoms with van der Waals surface area (Å²) in [5, 5.41) is 0. The molecule has 6 nitrogen and oxygen atoms in total. The van der Waals surface area contributed by atoms with Crippen molar-refractivity contribution in [1.82, 2.24) is 4.90 Å². The summed E-state index contributed by atoms with van der Waals surface area (Å²) in [7, 11) is 1.65. The number of hydrogen-bond acceptors (Lipinski definition) is 4. The maximum atomic E-state index is 12.6. The van der Waals surface area contributed by atoms with Crippen molar-refractivity contribution in [2.24, 2.45) is 0 Å². The quantitative estimate of drug-likeness (QED) is 0.795. The van der Waals surface area contributed by atoms with Crippen LogP contribution in [-0.4, -0.2) is 55.9 Å². The molecule has 2 amide bonds.